The van der Waals surface area contributed by atoms with Crippen molar-refractivity contribution in [3.63, 3.8) is 0 Å². The van der Waals surface area contributed by atoms with Gasteiger partial charge in [0, 0.05) is 48.1 Å². The van der Waals surface area contributed by atoms with Crippen LogP contribution in [0.15, 0.2) is 43.4 Å². The summed E-state index contributed by atoms with van der Waals surface area (Å²) in [5.74, 6) is 2.10. The molecule has 2 aromatic heterocycles. The topological polar surface area (TPSA) is 53.6 Å². The third-order valence-electron chi connectivity index (χ3n) is 2.64. The first-order valence-corrected chi connectivity index (χ1v) is 7.39. The highest BCUT2D eigenvalue weighted by molar-refractivity contribution is 7.99. The van der Waals surface area contributed by atoms with Crippen molar-refractivity contribution in [3.8, 4) is 11.3 Å². The van der Waals surface area contributed by atoms with E-state index in [2.05, 4.69) is 27.1 Å². The Kier molecular flexibility index (Phi) is 5.65. The Labute approximate surface area is 117 Å². The molecular formula is C14H18N4S. The predicted molar refractivity (Wildman–Crippen MR) is 81.0 cm³/mol. The molecule has 0 aromatic carbocycles. The van der Waals surface area contributed by atoms with Gasteiger partial charge in [-0.2, -0.15) is 16.9 Å². The largest absolute Gasteiger partial charge is 0.312 e. The smallest absolute Gasteiger partial charge is 0.0710 e. The lowest BCUT2D eigenvalue weighted by Crippen LogP contribution is -2.16. The molecule has 0 aliphatic rings. The molecule has 0 saturated carbocycles. The summed E-state index contributed by atoms with van der Waals surface area (Å²) in [6, 6.07) is 3.96. The highest BCUT2D eigenvalue weighted by Gasteiger charge is 2.06. The van der Waals surface area contributed by atoms with E-state index in [0.29, 0.717) is 0 Å². The van der Waals surface area contributed by atoms with Crippen LogP contribution in [0.2, 0.25) is 0 Å². The van der Waals surface area contributed by atoms with Crippen LogP contribution in [0.5, 0.6) is 0 Å². The zero-order valence-corrected chi connectivity index (χ0v) is 11.6. The Bertz CT molecular complexity index is 495. The molecule has 0 fully saturated rings. The maximum absolute atomic E-state index is 4.13. The summed E-state index contributed by atoms with van der Waals surface area (Å²) in [7, 11) is 0. The Hall–Kier alpha value is -1.59. The summed E-state index contributed by atoms with van der Waals surface area (Å²) in [4.78, 5) is 4.13. The van der Waals surface area contributed by atoms with Crippen molar-refractivity contribution in [2.75, 3.05) is 18.1 Å². The van der Waals surface area contributed by atoms with Crippen LogP contribution in [0, 0.1) is 0 Å². The van der Waals surface area contributed by atoms with Crippen LogP contribution in [0.25, 0.3) is 11.3 Å². The summed E-state index contributed by atoms with van der Waals surface area (Å²) in [6.45, 7) is 5.50. The molecule has 2 rings (SSSR count). The average molecular weight is 274 g/mol. The van der Waals surface area contributed by atoms with Crippen LogP contribution in [0.1, 0.15) is 5.56 Å². The van der Waals surface area contributed by atoms with Gasteiger partial charge in [-0.3, -0.25) is 10.1 Å². The zero-order valence-electron chi connectivity index (χ0n) is 10.8. The van der Waals surface area contributed by atoms with Crippen molar-refractivity contribution in [3.05, 3.63) is 48.9 Å². The van der Waals surface area contributed by atoms with Gasteiger partial charge in [0.15, 0.2) is 0 Å². The van der Waals surface area contributed by atoms with Crippen molar-refractivity contribution in [2.45, 2.75) is 6.54 Å². The Morgan fingerprint density at radius 2 is 2.37 bits per heavy atom. The fourth-order valence-corrected chi connectivity index (χ4v) is 2.36. The number of nitrogens with zero attached hydrogens (tertiary/aromatic N) is 2. The number of nitrogens with one attached hydrogen (secondary N) is 2. The minimum atomic E-state index is 0.815. The first kappa shape index (κ1) is 13.8. The van der Waals surface area contributed by atoms with Crippen molar-refractivity contribution in [2.24, 2.45) is 0 Å². The summed E-state index contributed by atoms with van der Waals surface area (Å²) in [5.41, 5.74) is 3.28. The Balaban J connectivity index is 1.85. The molecule has 19 heavy (non-hydrogen) atoms. The maximum Gasteiger partial charge on any atom is 0.0710 e. The third-order valence-corrected chi connectivity index (χ3v) is 3.61. The van der Waals surface area contributed by atoms with Crippen LogP contribution in [-0.2, 0) is 6.54 Å². The number of aromatic nitrogens is 3. The van der Waals surface area contributed by atoms with E-state index in [1.54, 1.807) is 6.20 Å². The van der Waals surface area contributed by atoms with E-state index >= 15 is 0 Å². The van der Waals surface area contributed by atoms with Crippen LogP contribution >= 0.6 is 11.8 Å². The van der Waals surface area contributed by atoms with Gasteiger partial charge in [0.25, 0.3) is 0 Å². The fraction of sp³-hybridized carbons (Fsp3) is 0.286. The fourth-order valence-electron chi connectivity index (χ4n) is 1.74. The standard InChI is InChI=1S/C14H18N4S/c1-2-7-19-8-6-16-10-13-11-17-18-14(13)12-4-3-5-15-9-12/h2-5,9,11,16H,1,6-8,10H2,(H,17,18). The first-order chi connectivity index (χ1) is 9.42. The molecule has 0 aliphatic heterocycles. The average Bonchev–Trinajstić information content (AvgIpc) is 2.92. The number of aromatic amines is 1. The molecule has 0 bridgehead atoms. The van der Waals surface area contributed by atoms with Gasteiger partial charge in [0.2, 0.25) is 0 Å². The molecule has 4 nitrogen and oxygen atoms in total. The molecule has 5 heteroatoms. The van der Waals surface area contributed by atoms with Gasteiger partial charge in [0.05, 0.1) is 11.9 Å². The maximum atomic E-state index is 4.13. The number of rotatable bonds is 8. The second kappa shape index (κ2) is 7.76. The van der Waals surface area contributed by atoms with E-state index in [1.807, 2.05) is 42.4 Å². The molecule has 2 aromatic rings. The van der Waals surface area contributed by atoms with Crippen LogP contribution < -0.4 is 5.32 Å². The monoisotopic (exact) mass is 274 g/mol. The van der Waals surface area contributed by atoms with Gasteiger partial charge >= 0.3 is 0 Å². The van der Waals surface area contributed by atoms with E-state index in [9.17, 15) is 0 Å². The molecule has 0 spiro atoms. The Morgan fingerprint density at radius 1 is 1.42 bits per heavy atom. The van der Waals surface area contributed by atoms with Gasteiger partial charge in [-0.1, -0.05) is 6.08 Å². The lowest BCUT2D eigenvalue weighted by molar-refractivity contribution is 0.733. The van der Waals surface area contributed by atoms with Gasteiger partial charge < -0.3 is 5.32 Å². The molecule has 0 atom stereocenters. The van der Waals surface area contributed by atoms with Gasteiger partial charge in [-0.05, 0) is 12.1 Å². The molecule has 2 N–H and O–H groups in total. The first-order valence-electron chi connectivity index (χ1n) is 6.24. The molecule has 0 saturated heterocycles. The summed E-state index contributed by atoms with van der Waals surface area (Å²) < 4.78 is 0. The normalized spacial score (nSPS) is 10.5. The van der Waals surface area contributed by atoms with E-state index < -0.39 is 0 Å². The molecule has 0 unspecified atom stereocenters. The minimum absolute atomic E-state index is 0.815. The van der Waals surface area contributed by atoms with Crippen molar-refractivity contribution in [1.82, 2.24) is 20.5 Å². The summed E-state index contributed by atoms with van der Waals surface area (Å²) >= 11 is 1.88. The lowest BCUT2D eigenvalue weighted by Gasteiger charge is -2.05. The molecule has 0 amide bonds. The van der Waals surface area contributed by atoms with E-state index in [0.717, 1.165) is 35.9 Å². The van der Waals surface area contributed by atoms with E-state index in [1.165, 1.54) is 5.56 Å². The number of hydrogen-bond acceptors (Lipinski definition) is 4. The van der Waals surface area contributed by atoms with Crippen LogP contribution in [0.4, 0.5) is 0 Å². The molecular weight excluding hydrogens is 256 g/mol. The quantitative estimate of drug-likeness (QED) is 0.573. The minimum Gasteiger partial charge on any atom is -0.312 e. The third kappa shape index (κ3) is 4.22. The Morgan fingerprint density at radius 3 is 3.16 bits per heavy atom. The number of pyridine rings is 1. The molecule has 0 aliphatic carbocycles. The molecule has 0 radical (unpaired) electrons. The highest BCUT2D eigenvalue weighted by atomic mass is 32.2. The van der Waals surface area contributed by atoms with Crippen molar-refractivity contribution < 1.29 is 0 Å². The van der Waals surface area contributed by atoms with Gasteiger partial charge in [-0.15, -0.1) is 6.58 Å². The van der Waals surface area contributed by atoms with Gasteiger partial charge in [-0.25, -0.2) is 0 Å². The second-order valence-corrected chi connectivity index (χ2v) is 5.20. The molecule has 100 valence electrons. The van der Waals surface area contributed by atoms with Crippen LogP contribution in [0.3, 0.4) is 0 Å². The number of thioether (sulfide) groups is 1. The summed E-state index contributed by atoms with van der Waals surface area (Å²) in [5, 5.41) is 10.6. The lowest BCUT2D eigenvalue weighted by atomic mass is 10.1. The second-order valence-electron chi connectivity index (χ2n) is 4.05. The number of hydrogen-bond donors (Lipinski definition) is 2. The summed E-state index contributed by atoms with van der Waals surface area (Å²) in [6.07, 6.45) is 7.42. The van der Waals surface area contributed by atoms with Crippen molar-refractivity contribution >= 4 is 11.8 Å². The molecule has 2 heterocycles. The van der Waals surface area contributed by atoms with E-state index in [-0.39, 0.29) is 0 Å². The highest BCUT2D eigenvalue weighted by Crippen LogP contribution is 2.19. The van der Waals surface area contributed by atoms with Crippen LogP contribution in [-0.4, -0.2) is 33.2 Å². The predicted octanol–water partition coefficient (Wildman–Crippen LogP) is 2.48. The van der Waals surface area contributed by atoms with E-state index in [4.69, 9.17) is 0 Å². The van der Waals surface area contributed by atoms with Gasteiger partial charge in [0.1, 0.15) is 0 Å². The SMILES string of the molecule is C=CCSCCNCc1cn[nH]c1-c1cccnc1. The zero-order chi connectivity index (χ0) is 13.3. The van der Waals surface area contributed by atoms with Crippen molar-refractivity contribution in [1.29, 1.82) is 0 Å². The number of H-pyrrole nitrogens is 1.